The Kier molecular flexibility index (Phi) is 11.4. The second kappa shape index (κ2) is 16.7. The molecule has 8 rings (SSSR count). The number of aromatic nitrogens is 8. The first-order valence-electron chi connectivity index (χ1n) is 20.7. The monoisotopic (exact) mass is 814 g/mol. The molecule has 5 heterocycles. The number of nitrogens with one attached hydrogen (secondary N) is 1. The summed E-state index contributed by atoms with van der Waals surface area (Å²) in [7, 11) is 2.49. The minimum absolute atomic E-state index is 0.222. The van der Waals surface area contributed by atoms with Crippen LogP contribution in [-0.4, -0.2) is 79.6 Å². The van der Waals surface area contributed by atoms with Gasteiger partial charge in [-0.3, -0.25) is 0 Å². The Morgan fingerprint density at radius 3 is 2.42 bits per heavy atom. The molecule has 3 fully saturated rings. The van der Waals surface area contributed by atoms with E-state index in [4.69, 9.17) is 38.5 Å². The number of imidazole rings is 1. The number of benzene rings is 1. The van der Waals surface area contributed by atoms with Crippen LogP contribution in [0.4, 0.5) is 5.82 Å². The molecule has 0 spiro atoms. The van der Waals surface area contributed by atoms with E-state index in [1.807, 2.05) is 26.5 Å². The summed E-state index contributed by atoms with van der Waals surface area (Å²) in [5.74, 6) is 1.96. The van der Waals surface area contributed by atoms with Crippen LogP contribution >= 0.6 is 0 Å². The fraction of sp³-hybridized carbons (Fsp3) is 0.455. The third-order valence-corrected chi connectivity index (χ3v) is 11.7. The normalized spacial score (nSPS) is 18.6. The fourth-order valence-corrected chi connectivity index (χ4v) is 7.58. The molecule has 312 valence electrons. The molecule has 1 atom stereocenters. The van der Waals surface area contributed by atoms with Crippen molar-refractivity contribution in [2.24, 2.45) is 0 Å². The lowest BCUT2D eigenvalue weighted by Crippen LogP contribution is -2.57. The van der Waals surface area contributed by atoms with E-state index in [-0.39, 0.29) is 12.5 Å². The molecule has 0 amide bonds. The van der Waals surface area contributed by atoms with Crippen LogP contribution in [0.15, 0.2) is 61.7 Å². The highest BCUT2D eigenvalue weighted by Gasteiger charge is 2.58. The first-order chi connectivity index (χ1) is 28.9. The van der Waals surface area contributed by atoms with E-state index < -0.39 is 24.3 Å². The molecule has 1 aromatic carbocycles. The number of hydrogen-bond donors (Lipinski definition) is 1. The molecule has 1 aliphatic heterocycles. The quantitative estimate of drug-likeness (QED) is 0.0535. The molecule has 1 saturated heterocycles. The summed E-state index contributed by atoms with van der Waals surface area (Å²) in [4.78, 5) is 40.8. The number of ether oxygens (including phenoxy) is 3. The van der Waals surface area contributed by atoms with Crippen LogP contribution in [0, 0.1) is 0 Å². The van der Waals surface area contributed by atoms with E-state index >= 15 is 0 Å². The maximum Gasteiger partial charge on any atom is 0.502 e. The Labute approximate surface area is 351 Å². The number of carbonyl (C=O) groups is 1. The van der Waals surface area contributed by atoms with Crippen LogP contribution < -0.4 is 24.8 Å². The van der Waals surface area contributed by atoms with Gasteiger partial charge in [0.25, 0.3) is 6.33 Å². The van der Waals surface area contributed by atoms with Gasteiger partial charge in [-0.1, -0.05) is 24.3 Å². The van der Waals surface area contributed by atoms with Crippen LogP contribution in [0.5, 0.6) is 11.8 Å². The summed E-state index contributed by atoms with van der Waals surface area (Å²) < 4.78 is 34.7. The fourth-order valence-electron chi connectivity index (χ4n) is 7.58. The number of hydrogen-bond acceptors (Lipinski definition) is 13. The lowest BCUT2D eigenvalue weighted by atomic mass is 9.77. The predicted molar refractivity (Wildman–Crippen MR) is 226 cm³/mol. The molecule has 16 heteroatoms. The molecular weight excluding hydrogens is 761 g/mol. The highest BCUT2D eigenvalue weighted by molar-refractivity contribution is 6.63. The van der Waals surface area contributed by atoms with Crippen LogP contribution in [0.25, 0.3) is 28.7 Å². The van der Waals surface area contributed by atoms with Crippen molar-refractivity contribution in [3.8, 4) is 34.4 Å². The van der Waals surface area contributed by atoms with Crippen molar-refractivity contribution in [2.75, 3.05) is 26.1 Å². The smallest absolute Gasteiger partial charge is 0.481 e. The van der Waals surface area contributed by atoms with E-state index in [9.17, 15) is 4.79 Å². The van der Waals surface area contributed by atoms with E-state index in [2.05, 4.69) is 80.6 Å². The SMILES string of the molecule is CCOC(=O)/C=C/c1cnc(-c2c(OC)nc[n+](CC3(C)OB(c4c(OC)ncnc4C4CC4)OC3(C)C)c2C2CC2)nc1NCc1ccc(-c2cn(C(C)C)cn2)cc1. The Balaban J connectivity index is 1.12. The number of rotatable bonds is 16. The van der Waals surface area contributed by atoms with Gasteiger partial charge < -0.3 is 33.4 Å². The summed E-state index contributed by atoms with van der Waals surface area (Å²) in [6.07, 6.45) is 16.1. The highest BCUT2D eigenvalue weighted by Crippen LogP contribution is 2.46. The van der Waals surface area contributed by atoms with Crippen molar-refractivity contribution < 1.29 is 32.9 Å². The first kappa shape index (κ1) is 41.0. The molecule has 4 aromatic heterocycles. The zero-order valence-corrected chi connectivity index (χ0v) is 35.6. The van der Waals surface area contributed by atoms with Gasteiger partial charge in [0.2, 0.25) is 5.88 Å². The van der Waals surface area contributed by atoms with Crippen LogP contribution in [0.3, 0.4) is 0 Å². The van der Waals surface area contributed by atoms with Crippen molar-refractivity contribution in [1.82, 2.24) is 34.5 Å². The van der Waals surface area contributed by atoms with E-state index in [0.717, 1.165) is 59.4 Å². The first-order valence-corrected chi connectivity index (χ1v) is 20.7. The molecule has 0 bridgehead atoms. The minimum Gasteiger partial charge on any atom is -0.481 e. The average Bonchev–Trinajstić information content (AvgIpc) is 4.19. The molecule has 2 aliphatic carbocycles. The summed E-state index contributed by atoms with van der Waals surface area (Å²) in [5, 5.41) is 3.51. The second-order valence-electron chi connectivity index (χ2n) is 16.6. The van der Waals surface area contributed by atoms with Gasteiger partial charge in [0.1, 0.15) is 30.0 Å². The van der Waals surface area contributed by atoms with Gasteiger partial charge in [-0.25, -0.2) is 34.3 Å². The molecule has 5 aromatic rings. The molecule has 15 nitrogen and oxygen atoms in total. The standard InChI is InChI=1S/C44H52BN9O6/c1-9-58-34(55)19-18-32-21-47-40(52-39(32)46-20-28-10-12-29(13-11-28)33-22-53(25-50-33)27(2)3)35-38(31-16-17-31)54(26-51-41(35)56-7)23-44(6)43(4,5)59-45(60-44)36-37(30-14-15-30)48-24-49-42(36)57-8/h10-13,18-19,21-22,24-27,30-31H,9,14-17,20,23H2,1-8H3/p+1. The van der Waals surface area contributed by atoms with Crippen molar-refractivity contribution in [3.63, 3.8) is 0 Å². The van der Waals surface area contributed by atoms with Gasteiger partial charge in [-0.15, -0.1) is 0 Å². The molecular formula is C44H53BN9O6+. The maximum atomic E-state index is 12.4. The Bertz CT molecular complexity index is 2400. The lowest BCUT2D eigenvalue weighted by molar-refractivity contribution is -0.719. The van der Waals surface area contributed by atoms with Crippen LogP contribution in [-0.2, 0) is 31.9 Å². The number of anilines is 1. The largest absolute Gasteiger partial charge is 0.502 e. The Morgan fingerprint density at radius 2 is 1.75 bits per heavy atom. The zero-order valence-electron chi connectivity index (χ0n) is 35.6. The molecule has 60 heavy (non-hydrogen) atoms. The Morgan fingerprint density at radius 1 is 1.00 bits per heavy atom. The molecule has 2 saturated carbocycles. The third-order valence-electron chi connectivity index (χ3n) is 11.7. The van der Waals surface area contributed by atoms with Crippen LogP contribution in [0.2, 0.25) is 0 Å². The molecule has 0 radical (unpaired) electrons. The van der Waals surface area contributed by atoms with E-state index in [1.165, 1.54) is 6.08 Å². The van der Waals surface area contributed by atoms with Gasteiger partial charge in [0.15, 0.2) is 11.4 Å². The third kappa shape index (κ3) is 8.35. The van der Waals surface area contributed by atoms with Gasteiger partial charge in [-0.05, 0) is 83.8 Å². The van der Waals surface area contributed by atoms with Gasteiger partial charge in [0.05, 0.1) is 49.6 Å². The van der Waals surface area contributed by atoms with Gasteiger partial charge >= 0.3 is 19.0 Å². The average molecular weight is 815 g/mol. The van der Waals surface area contributed by atoms with Gasteiger partial charge in [-0.2, -0.15) is 0 Å². The van der Waals surface area contributed by atoms with Crippen molar-refractivity contribution in [3.05, 3.63) is 84.2 Å². The molecule has 1 unspecified atom stereocenters. The second-order valence-corrected chi connectivity index (χ2v) is 16.6. The number of carbonyl (C=O) groups excluding carboxylic acids is 1. The molecule has 3 aliphatic rings. The summed E-state index contributed by atoms with van der Waals surface area (Å²) in [5.41, 5.74) is 5.42. The zero-order chi connectivity index (χ0) is 42.2. The van der Waals surface area contributed by atoms with Crippen LogP contribution in [0.1, 0.15) is 108 Å². The molecule has 1 N–H and O–H groups in total. The number of methoxy groups -OCH3 is 2. The summed E-state index contributed by atoms with van der Waals surface area (Å²) >= 11 is 0. The predicted octanol–water partition coefficient (Wildman–Crippen LogP) is 6.00. The number of esters is 1. The van der Waals surface area contributed by atoms with E-state index in [0.29, 0.717) is 59.6 Å². The number of nitrogens with zero attached hydrogens (tertiary/aromatic N) is 8. The maximum absolute atomic E-state index is 12.4. The lowest BCUT2D eigenvalue weighted by Gasteiger charge is -2.35. The summed E-state index contributed by atoms with van der Waals surface area (Å²) in [6.45, 7) is 13.3. The van der Waals surface area contributed by atoms with Crippen molar-refractivity contribution in [1.29, 1.82) is 0 Å². The van der Waals surface area contributed by atoms with Crippen molar-refractivity contribution >= 4 is 30.4 Å². The van der Waals surface area contributed by atoms with Crippen molar-refractivity contribution in [2.45, 2.75) is 109 Å². The highest BCUT2D eigenvalue weighted by atomic mass is 16.7. The van der Waals surface area contributed by atoms with E-state index in [1.54, 1.807) is 39.7 Å². The topological polar surface area (TPSA) is 161 Å². The summed E-state index contributed by atoms with van der Waals surface area (Å²) in [6, 6.07) is 8.60. The van der Waals surface area contributed by atoms with Gasteiger partial charge in [0, 0.05) is 54.0 Å². The Hall–Kier alpha value is -5.74. The minimum atomic E-state index is -0.819.